The Morgan fingerprint density at radius 3 is 2.45 bits per heavy atom. The number of fused-ring (bicyclic) bond motifs is 1. The molecule has 0 unspecified atom stereocenters. The third-order valence-corrected chi connectivity index (χ3v) is 9.18. The van der Waals surface area contributed by atoms with E-state index in [1.165, 1.54) is 4.31 Å². The zero-order valence-corrected chi connectivity index (χ0v) is 19.4. The summed E-state index contributed by atoms with van der Waals surface area (Å²) in [5.41, 5.74) is 2.08. The van der Waals surface area contributed by atoms with Crippen molar-refractivity contribution in [2.75, 3.05) is 44.3 Å². The molecule has 1 N–H and O–H groups in total. The zero-order valence-electron chi connectivity index (χ0n) is 18.6. The van der Waals surface area contributed by atoms with Crippen molar-refractivity contribution < 1.29 is 18.0 Å². The van der Waals surface area contributed by atoms with Crippen molar-refractivity contribution in [2.24, 2.45) is 5.41 Å². The smallest absolute Gasteiger partial charge is 0.321 e. The van der Waals surface area contributed by atoms with Crippen LogP contribution in [0.4, 0.5) is 10.5 Å². The third-order valence-electron chi connectivity index (χ3n) is 7.33. The molecule has 3 fully saturated rings. The van der Waals surface area contributed by atoms with Gasteiger partial charge in [-0.15, -0.1) is 0 Å². The van der Waals surface area contributed by atoms with Gasteiger partial charge in [-0.05, 0) is 62.8 Å². The fourth-order valence-electron chi connectivity index (χ4n) is 5.25. The normalized spacial score (nSPS) is 28.3. The molecule has 3 amide bonds. The van der Waals surface area contributed by atoms with Crippen LogP contribution in [0, 0.1) is 19.3 Å². The summed E-state index contributed by atoms with van der Waals surface area (Å²) < 4.78 is 26.5. The Hall–Kier alpha value is -2.13. The van der Waals surface area contributed by atoms with Crippen LogP contribution >= 0.6 is 0 Å². The van der Waals surface area contributed by atoms with Gasteiger partial charge < -0.3 is 15.1 Å². The third kappa shape index (κ3) is 3.93. The van der Waals surface area contributed by atoms with Crippen LogP contribution in [0.15, 0.2) is 18.2 Å². The Bertz CT molecular complexity index is 989. The van der Waals surface area contributed by atoms with Crippen molar-refractivity contribution in [3.05, 3.63) is 29.3 Å². The Morgan fingerprint density at radius 2 is 1.77 bits per heavy atom. The highest BCUT2D eigenvalue weighted by Crippen LogP contribution is 2.44. The van der Waals surface area contributed by atoms with Crippen LogP contribution < -0.4 is 5.32 Å². The maximum absolute atomic E-state index is 13.7. The number of aryl methyl sites for hydroxylation is 2. The molecule has 8 nitrogen and oxygen atoms in total. The molecule has 3 saturated heterocycles. The lowest BCUT2D eigenvalue weighted by molar-refractivity contribution is -0.148. The molecule has 0 aliphatic carbocycles. The van der Waals surface area contributed by atoms with Crippen molar-refractivity contribution in [1.82, 2.24) is 14.1 Å². The van der Waals surface area contributed by atoms with Gasteiger partial charge in [-0.3, -0.25) is 4.79 Å². The predicted molar refractivity (Wildman–Crippen MR) is 119 cm³/mol. The Labute approximate surface area is 184 Å². The van der Waals surface area contributed by atoms with Gasteiger partial charge in [0.15, 0.2) is 0 Å². The van der Waals surface area contributed by atoms with Crippen molar-refractivity contribution in [2.45, 2.75) is 45.6 Å². The number of carbonyl (C=O) groups is 2. The number of benzene rings is 1. The fourth-order valence-corrected chi connectivity index (χ4v) is 6.86. The van der Waals surface area contributed by atoms with E-state index in [0.29, 0.717) is 26.1 Å². The first-order chi connectivity index (χ1) is 14.6. The molecule has 0 spiro atoms. The second kappa shape index (κ2) is 8.09. The van der Waals surface area contributed by atoms with E-state index in [1.54, 1.807) is 11.9 Å². The van der Waals surface area contributed by atoms with E-state index >= 15 is 0 Å². The maximum atomic E-state index is 13.7. The lowest BCUT2D eigenvalue weighted by Crippen LogP contribution is -2.68. The number of carbonyl (C=O) groups excluding carboxylic acids is 2. The highest BCUT2D eigenvalue weighted by Gasteiger charge is 2.58. The van der Waals surface area contributed by atoms with Crippen LogP contribution in [0.5, 0.6) is 0 Å². The first kappa shape index (κ1) is 22.1. The van der Waals surface area contributed by atoms with Gasteiger partial charge in [0.25, 0.3) is 0 Å². The number of nitrogens with zero attached hydrogens (tertiary/aromatic N) is 3. The molecule has 1 aromatic rings. The number of nitrogens with one attached hydrogen (secondary N) is 1. The maximum Gasteiger partial charge on any atom is 0.321 e. The number of hydrogen-bond acceptors (Lipinski definition) is 4. The second-order valence-electron chi connectivity index (χ2n) is 9.19. The van der Waals surface area contributed by atoms with Gasteiger partial charge in [0.1, 0.15) is 0 Å². The van der Waals surface area contributed by atoms with E-state index in [9.17, 15) is 18.0 Å². The zero-order chi connectivity index (χ0) is 22.4. The van der Waals surface area contributed by atoms with Crippen molar-refractivity contribution >= 4 is 27.6 Å². The Kier molecular flexibility index (Phi) is 5.76. The fraction of sp³-hybridized carbons (Fsp3) is 0.636. The van der Waals surface area contributed by atoms with Gasteiger partial charge in [0.05, 0.1) is 11.2 Å². The van der Waals surface area contributed by atoms with Crippen LogP contribution in [-0.4, -0.2) is 79.5 Å². The monoisotopic (exact) mass is 448 g/mol. The molecule has 3 aliphatic heterocycles. The largest absolute Gasteiger partial charge is 0.342 e. The summed E-state index contributed by atoms with van der Waals surface area (Å²) in [6.45, 7) is 6.09. The van der Waals surface area contributed by atoms with Crippen LogP contribution in [0.2, 0.25) is 0 Å². The van der Waals surface area contributed by atoms with Gasteiger partial charge in [-0.1, -0.05) is 6.07 Å². The molecular formula is C22H32N4O4S. The molecule has 0 saturated carbocycles. The van der Waals surface area contributed by atoms with Crippen LogP contribution in [0.1, 0.15) is 36.8 Å². The molecule has 0 radical (unpaired) electrons. The van der Waals surface area contributed by atoms with Crippen LogP contribution in [-0.2, 0) is 14.8 Å². The minimum Gasteiger partial charge on any atom is -0.342 e. The summed E-state index contributed by atoms with van der Waals surface area (Å²) in [4.78, 5) is 30.3. The van der Waals surface area contributed by atoms with Crippen LogP contribution in [0.25, 0.3) is 0 Å². The number of urea groups is 1. The summed E-state index contributed by atoms with van der Waals surface area (Å²) >= 11 is 0. The van der Waals surface area contributed by atoms with E-state index in [2.05, 4.69) is 5.32 Å². The molecule has 4 rings (SSSR count). The van der Waals surface area contributed by atoms with E-state index in [-0.39, 0.29) is 30.7 Å². The van der Waals surface area contributed by atoms with Crippen molar-refractivity contribution in [3.8, 4) is 0 Å². The first-order valence-corrected chi connectivity index (χ1v) is 12.6. The molecular weight excluding hydrogens is 416 g/mol. The molecule has 31 heavy (non-hydrogen) atoms. The number of rotatable bonds is 2. The second-order valence-corrected chi connectivity index (χ2v) is 11.3. The van der Waals surface area contributed by atoms with E-state index < -0.39 is 21.5 Å². The highest BCUT2D eigenvalue weighted by molar-refractivity contribution is 7.89. The summed E-state index contributed by atoms with van der Waals surface area (Å²) in [6, 6.07) is 5.12. The number of sulfonamides is 1. The molecule has 2 atom stereocenters. The molecule has 1 aromatic carbocycles. The predicted octanol–water partition coefficient (Wildman–Crippen LogP) is 2.18. The lowest BCUT2D eigenvalue weighted by atomic mass is 9.72. The minimum atomic E-state index is -3.38. The number of piperidine rings is 1. The van der Waals surface area contributed by atoms with E-state index in [4.69, 9.17) is 0 Å². The lowest BCUT2D eigenvalue weighted by Gasteiger charge is -2.53. The highest BCUT2D eigenvalue weighted by atomic mass is 32.2. The molecule has 0 bridgehead atoms. The number of likely N-dealkylation sites (tertiary alicyclic amines) is 2. The number of amides is 3. The molecule has 3 aliphatic rings. The quantitative estimate of drug-likeness (QED) is 0.751. The molecule has 3 heterocycles. The molecule has 170 valence electrons. The van der Waals surface area contributed by atoms with Crippen LogP contribution in [0.3, 0.4) is 0 Å². The Balaban J connectivity index is 1.59. The summed E-state index contributed by atoms with van der Waals surface area (Å²) in [5.74, 6) is -0.0629. The SMILES string of the molecule is Cc1ccc(NC(=O)N2CC[C@H]3N(C)S(=O)(=O)CC[C@]3(C(=O)N3CCCC3)C2)cc1C. The Morgan fingerprint density at radius 1 is 1.06 bits per heavy atom. The first-order valence-electron chi connectivity index (χ1n) is 11.0. The number of hydrogen-bond donors (Lipinski definition) is 1. The van der Waals surface area contributed by atoms with E-state index in [0.717, 1.165) is 29.7 Å². The minimum absolute atomic E-state index is 0.000398. The van der Waals surface area contributed by atoms with Gasteiger partial charge in [-0.25, -0.2) is 17.5 Å². The molecule has 9 heteroatoms. The van der Waals surface area contributed by atoms with E-state index in [1.807, 2.05) is 36.9 Å². The molecule has 0 aromatic heterocycles. The number of anilines is 1. The summed E-state index contributed by atoms with van der Waals surface area (Å²) in [7, 11) is -1.80. The average molecular weight is 449 g/mol. The standard InChI is InChI=1S/C22H32N4O4S/c1-16-6-7-18(14-17(16)2)23-21(28)26-12-8-19-22(15-26,9-13-31(29,30)24(19)3)20(27)25-10-4-5-11-25/h6-7,14,19H,4-5,8-13,15H2,1-3H3,(H,23,28)/t19-,22+/m1/s1. The average Bonchev–Trinajstić information content (AvgIpc) is 3.27. The van der Waals surface area contributed by atoms with Gasteiger partial charge in [0.2, 0.25) is 15.9 Å². The van der Waals surface area contributed by atoms with Crippen molar-refractivity contribution in [3.63, 3.8) is 0 Å². The van der Waals surface area contributed by atoms with Crippen molar-refractivity contribution in [1.29, 1.82) is 0 Å². The topological polar surface area (TPSA) is 90.0 Å². The van der Waals surface area contributed by atoms with Gasteiger partial charge >= 0.3 is 6.03 Å². The van der Waals surface area contributed by atoms with Gasteiger partial charge in [-0.2, -0.15) is 0 Å². The van der Waals surface area contributed by atoms with Gasteiger partial charge in [0, 0.05) is 45.0 Å². The summed E-state index contributed by atoms with van der Waals surface area (Å²) in [5, 5.41) is 2.96. The summed E-state index contributed by atoms with van der Waals surface area (Å²) in [6.07, 6.45) is 2.65.